The van der Waals surface area contributed by atoms with Crippen molar-refractivity contribution < 1.29 is 18.7 Å². The predicted octanol–water partition coefficient (Wildman–Crippen LogP) is 6.53. The summed E-state index contributed by atoms with van der Waals surface area (Å²) in [4.78, 5) is 25.0. The minimum absolute atomic E-state index is 0.0824. The first-order valence-electron chi connectivity index (χ1n) is 9.98. The fourth-order valence-corrected chi connectivity index (χ4v) is 3.64. The van der Waals surface area contributed by atoms with E-state index in [0.29, 0.717) is 38.2 Å². The molecule has 0 saturated carbocycles. The molecule has 0 spiro atoms. The van der Waals surface area contributed by atoms with Gasteiger partial charge in [-0.1, -0.05) is 29.3 Å². The SMILES string of the molecule is Cc1cc(C)cc(Oc2coc3cc(OCC(=O)Nc4cc(Cl)ccc4Cl)ccc3c2=O)c1. The Bertz CT molecular complexity index is 1390. The summed E-state index contributed by atoms with van der Waals surface area (Å²) < 4.78 is 16.9. The van der Waals surface area contributed by atoms with Crippen LogP contribution in [0.3, 0.4) is 0 Å². The molecule has 168 valence electrons. The normalized spacial score (nSPS) is 10.8. The molecule has 0 aliphatic rings. The summed E-state index contributed by atoms with van der Waals surface area (Å²) in [6.07, 6.45) is 1.26. The lowest BCUT2D eigenvalue weighted by atomic mass is 10.1. The monoisotopic (exact) mass is 483 g/mol. The van der Waals surface area contributed by atoms with Crippen LogP contribution in [0.15, 0.2) is 70.1 Å². The molecule has 1 heterocycles. The number of nitrogens with one attached hydrogen (secondary N) is 1. The molecule has 0 radical (unpaired) electrons. The van der Waals surface area contributed by atoms with Gasteiger partial charge in [-0.2, -0.15) is 0 Å². The predicted molar refractivity (Wildman–Crippen MR) is 129 cm³/mol. The lowest BCUT2D eigenvalue weighted by molar-refractivity contribution is -0.118. The lowest BCUT2D eigenvalue weighted by Gasteiger charge is -2.10. The lowest BCUT2D eigenvalue weighted by Crippen LogP contribution is -2.20. The number of ether oxygens (including phenoxy) is 2. The van der Waals surface area contributed by atoms with Crippen molar-refractivity contribution >= 4 is 45.8 Å². The van der Waals surface area contributed by atoms with Gasteiger partial charge in [-0.25, -0.2) is 0 Å². The van der Waals surface area contributed by atoms with Gasteiger partial charge in [-0.3, -0.25) is 9.59 Å². The third kappa shape index (κ3) is 5.48. The Kier molecular flexibility index (Phi) is 6.58. The van der Waals surface area contributed by atoms with Gasteiger partial charge in [0.2, 0.25) is 11.2 Å². The molecule has 0 saturated heterocycles. The Hall–Kier alpha value is -3.48. The van der Waals surface area contributed by atoms with Crippen molar-refractivity contribution in [2.45, 2.75) is 13.8 Å². The largest absolute Gasteiger partial charge is 0.484 e. The maximum absolute atomic E-state index is 12.8. The van der Waals surface area contributed by atoms with Crippen molar-refractivity contribution in [1.82, 2.24) is 0 Å². The Labute approximate surface area is 199 Å². The molecular formula is C25H19Cl2NO5. The number of anilines is 1. The van der Waals surface area contributed by atoms with E-state index in [1.54, 1.807) is 30.3 Å². The van der Waals surface area contributed by atoms with Crippen LogP contribution in [0.5, 0.6) is 17.2 Å². The van der Waals surface area contributed by atoms with Crippen molar-refractivity contribution in [2.75, 3.05) is 11.9 Å². The van der Waals surface area contributed by atoms with Crippen LogP contribution in [0.25, 0.3) is 11.0 Å². The molecular weight excluding hydrogens is 465 g/mol. The average Bonchev–Trinajstić information content (AvgIpc) is 2.76. The molecule has 0 aliphatic carbocycles. The highest BCUT2D eigenvalue weighted by molar-refractivity contribution is 6.35. The fourth-order valence-electron chi connectivity index (χ4n) is 3.30. The summed E-state index contributed by atoms with van der Waals surface area (Å²) in [5, 5.41) is 3.77. The Balaban J connectivity index is 1.47. The number of fused-ring (bicyclic) bond motifs is 1. The van der Waals surface area contributed by atoms with E-state index < -0.39 is 5.91 Å². The third-order valence-corrected chi connectivity index (χ3v) is 5.27. The quantitative estimate of drug-likeness (QED) is 0.337. The van der Waals surface area contributed by atoms with Crippen LogP contribution in [-0.2, 0) is 4.79 Å². The van der Waals surface area contributed by atoms with Gasteiger partial charge in [-0.05, 0) is 67.4 Å². The number of amides is 1. The van der Waals surface area contributed by atoms with Gasteiger partial charge in [0.25, 0.3) is 5.91 Å². The van der Waals surface area contributed by atoms with Crippen LogP contribution in [0.1, 0.15) is 11.1 Å². The van der Waals surface area contributed by atoms with Crippen LogP contribution in [0, 0.1) is 13.8 Å². The Morgan fingerprint density at radius 2 is 1.73 bits per heavy atom. The second-order valence-corrected chi connectivity index (χ2v) is 8.32. The molecule has 8 heteroatoms. The van der Waals surface area contributed by atoms with E-state index in [-0.39, 0.29) is 17.8 Å². The van der Waals surface area contributed by atoms with Crippen LogP contribution in [0.2, 0.25) is 10.0 Å². The van der Waals surface area contributed by atoms with E-state index in [4.69, 9.17) is 37.1 Å². The summed E-state index contributed by atoms with van der Waals surface area (Å²) in [5.41, 5.74) is 2.44. The van der Waals surface area contributed by atoms with Crippen molar-refractivity contribution in [1.29, 1.82) is 0 Å². The summed E-state index contributed by atoms with van der Waals surface area (Å²) in [7, 11) is 0. The molecule has 0 fully saturated rings. The highest BCUT2D eigenvalue weighted by Crippen LogP contribution is 2.27. The van der Waals surface area contributed by atoms with E-state index in [0.717, 1.165) is 11.1 Å². The fraction of sp³-hybridized carbons (Fsp3) is 0.120. The smallest absolute Gasteiger partial charge is 0.262 e. The van der Waals surface area contributed by atoms with E-state index in [9.17, 15) is 9.59 Å². The highest BCUT2D eigenvalue weighted by Gasteiger charge is 2.12. The first-order chi connectivity index (χ1) is 15.8. The number of aryl methyl sites for hydroxylation is 2. The van der Waals surface area contributed by atoms with Gasteiger partial charge in [-0.15, -0.1) is 0 Å². The maximum atomic E-state index is 12.8. The molecule has 3 aromatic carbocycles. The minimum atomic E-state index is -0.419. The van der Waals surface area contributed by atoms with Crippen molar-refractivity contribution in [3.05, 3.63) is 92.3 Å². The summed E-state index contributed by atoms with van der Waals surface area (Å²) in [6.45, 7) is 3.63. The van der Waals surface area contributed by atoms with Crippen LogP contribution < -0.4 is 20.2 Å². The average molecular weight is 484 g/mol. The molecule has 1 aromatic heterocycles. The molecule has 4 aromatic rings. The van der Waals surface area contributed by atoms with Gasteiger partial charge in [0, 0.05) is 11.1 Å². The maximum Gasteiger partial charge on any atom is 0.262 e. The molecule has 1 amide bonds. The first-order valence-corrected chi connectivity index (χ1v) is 10.7. The van der Waals surface area contributed by atoms with E-state index in [1.165, 1.54) is 12.3 Å². The van der Waals surface area contributed by atoms with E-state index in [1.807, 2.05) is 32.0 Å². The highest BCUT2D eigenvalue weighted by atomic mass is 35.5. The Morgan fingerprint density at radius 1 is 0.970 bits per heavy atom. The van der Waals surface area contributed by atoms with Crippen LogP contribution in [-0.4, -0.2) is 12.5 Å². The van der Waals surface area contributed by atoms with Gasteiger partial charge in [0.15, 0.2) is 6.61 Å². The zero-order valence-electron chi connectivity index (χ0n) is 17.8. The van der Waals surface area contributed by atoms with E-state index >= 15 is 0 Å². The number of carbonyl (C=O) groups is 1. The summed E-state index contributed by atoms with van der Waals surface area (Å²) >= 11 is 12.0. The number of benzene rings is 3. The number of carbonyl (C=O) groups excluding carboxylic acids is 1. The van der Waals surface area contributed by atoms with Crippen molar-refractivity contribution in [3.8, 4) is 17.2 Å². The zero-order chi connectivity index (χ0) is 23.5. The molecule has 6 nitrogen and oxygen atoms in total. The van der Waals surface area contributed by atoms with E-state index in [2.05, 4.69) is 5.32 Å². The minimum Gasteiger partial charge on any atom is -0.484 e. The van der Waals surface area contributed by atoms with Crippen LogP contribution in [0.4, 0.5) is 5.69 Å². The van der Waals surface area contributed by atoms with Gasteiger partial charge in [0.1, 0.15) is 23.3 Å². The second kappa shape index (κ2) is 9.57. The molecule has 0 bridgehead atoms. The molecule has 0 unspecified atom stereocenters. The molecule has 0 aliphatic heterocycles. The zero-order valence-corrected chi connectivity index (χ0v) is 19.3. The molecule has 1 N–H and O–H groups in total. The second-order valence-electron chi connectivity index (χ2n) is 7.47. The van der Waals surface area contributed by atoms with Crippen LogP contribution >= 0.6 is 23.2 Å². The number of hydrogen-bond acceptors (Lipinski definition) is 5. The number of rotatable bonds is 6. The third-order valence-electron chi connectivity index (χ3n) is 4.71. The molecule has 4 rings (SSSR count). The van der Waals surface area contributed by atoms with Gasteiger partial charge in [0.05, 0.1) is 16.1 Å². The Morgan fingerprint density at radius 3 is 2.48 bits per heavy atom. The summed E-state index contributed by atoms with van der Waals surface area (Å²) in [5.74, 6) is 0.586. The van der Waals surface area contributed by atoms with Crippen molar-refractivity contribution in [3.63, 3.8) is 0 Å². The molecule has 33 heavy (non-hydrogen) atoms. The van der Waals surface area contributed by atoms with Gasteiger partial charge >= 0.3 is 0 Å². The first kappa shape index (κ1) is 22.7. The number of hydrogen-bond donors (Lipinski definition) is 1. The standard InChI is InChI=1S/C25H19Cl2NO5/c1-14-7-15(2)9-18(8-14)33-23-12-32-22-11-17(4-5-19(22)25(23)30)31-13-24(29)28-21-10-16(26)3-6-20(21)27/h3-12H,13H2,1-2H3,(H,28,29). The van der Waals surface area contributed by atoms with Gasteiger partial charge < -0.3 is 19.2 Å². The van der Waals surface area contributed by atoms with Crippen molar-refractivity contribution in [2.24, 2.45) is 0 Å². The number of halogens is 2. The summed E-state index contributed by atoms with van der Waals surface area (Å²) in [6, 6.07) is 15.1. The molecule has 0 atom stereocenters. The topological polar surface area (TPSA) is 77.8 Å².